The molecular weight excluding hydrogens is 412 g/mol. The number of nitrogens with one attached hydrogen (secondary N) is 1. The third-order valence-electron chi connectivity index (χ3n) is 5.01. The number of rotatable bonds is 9. The van der Waals surface area contributed by atoms with E-state index >= 15 is 0 Å². The lowest BCUT2D eigenvalue weighted by molar-refractivity contribution is -0.120. The molecule has 0 spiro atoms. The SMILES string of the molecule is CCC(C)(C)NC(=O)CSc1nnc(-c2ccccc2OC)n1-c1ccc(OC)cc1. The Hall–Kier alpha value is -3.00. The fraction of sp³-hybridized carbons (Fsp3) is 0.348. The van der Waals surface area contributed by atoms with Crippen molar-refractivity contribution in [2.24, 2.45) is 0 Å². The van der Waals surface area contributed by atoms with Crippen molar-refractivity contribution in [2.45, 2.75) is 37.9 Å². The Balaban J connectivity index is 1.97. The summed E-state index contributed by atoms with van der Waals surface area (Å²) >= 11 is 1.35. The molecule has 1 amide bonds. The van der Waals surface area contributed by atoms with E-state index in [1.54, 1.807) is 14.2 Å². The lowest BCUT2D eigenvalue weighted by Crippen LogP contribution is -2.43. The highest BCUT2D eigenvalue weighted by Gasteiger charge is 2.22. The van der Waals surface area contributed by atoms with Crippen LogP contribution < -0.4 is 14.8 Å². The quantitative estimate of drug-likeness (QED) is 0.499. The fourth-order valence-corrected chi connectivity index (χ4v) is 3.72. The van der Waals surface area contributed by atoms with E-state index in [9.17, 15) is 4.79 Å². The first-order valence-electron chi connectivity index (χ1n) is 10.1. The molecule has 164 valence electrons. The average Bonchev–Trinajstić information content (AvgIpc) is 3.21. The molecule has 31 heavy (non-hydrogen) atoms. The fourth-order valence-electron chi connectivity index (χ4n) is 2.96. The van der Waals surface area contributed by atoms with Crippen molar-refractivity contribution in [3.63, 3.8) is 0 Å². The normalized spacial score (nSPS) is 11.3. The second-order valence-electron chi connectivity index (χ2n) is 7.61. The van der Waals surface area contributed by atoms with Crippen LogP contribution in [-0.2, 0) is 4.79 Å². The largest absolute Gasteiger partial charge is 0.497 e. The topological polar surface area (TPSA) is 78.3 Å². The second kappa shape index (κ2) is 9.87. The maximum Gasteiger partial charge on any atom is 0.230 e. The van der Waals surface area contributed by atoms with Gasteiger partial charge in [-0.2, -0.15) is 0 Å². The number of aromatic nitrogens is 3. The zero-order chi connectivity index (χ0) is 22.4. The average molecular weight is 441 g/mol. The number of para-hydroxylation sites is 1. The predicted molar refractivity (Wildman–Crippen MR) is 123 cm³/mol. The van der Waals surface area contributed by atoms with Gasteiger partial charge in [-0.25, -0.2) is 0 Å². The van der Waals surface area contributed by atoms with Crippen LogP contribution in [0.15, 0.2) is 53.7 Å². The van der Waals surface area contributed by atoms with Gasteiger partial charge in [0.05, 0.1) is 31.2 Å². The molecule has 3 aromatic rings. The smallest absolute Gasteiger partial charge is 0.230 e. The minimum absolute atomic E-state index is 0.0417. The van der Waals surface area contributed by atoms with Gasteiger partial charge in [-0.15, -0.1) is 10.2 Å². The van der Waals surface area contributed by atoms with Gasteiger partial charge in [0.1, 0.15) is 11.5 Å². The third-order valence-corrected chi connectivity index (χ3v) is 5.93. The Morgan fingerprint density at radius 1 is 1.06 bits per heavy atom. The molecule has 0 atom stereocenters. The molecular formula is C23H28N4O3S. The van der Waals surface area contributed by atoms with Gasteiger partial charge in [0.15, 0.2) is 11.0 Å². The number of ether oxygens (including phenoxy) is 2. The molecule has 0 radical (unpaired) electrons. The van der Waals surface area contributed by atoms with Crippen molar-refractivity contribution < 1.29 is 14.3 Å². The van der Waals surface area contributed by atoms with Gasteiger partial charge in [0.25, 0.3) is 0 Å². The van der Waals surface area contributed by atoms with Crippen LogP contribution in [-0.4, -0.2) is 46.2 Å². The number of nitrogens with zero attached hydrogens (tertiary/aromatic N) is 3. The van der Waals surface area contributed by atoms with E-state index in [4.69, 9.17) is 9.47 Å². The van der Waals surface area contributed by atoms with Crippen molar-refractivity contribution in [1.29, 1.82) is 0 Å². The zero-order valence-corrected chi connectivity index (χ0v) is 19.3. The molecule has 0 bridgehead atoms. The summed E-state index contributed by atoms with van der Waals surface area (Å²) < 4.78 is 12.7. The molecule has 0 fully saturated rings. The summed E-state index contributed by atoms with van der Waals surface area (Å²) in [5.74, 6) is 2.29. The summed E-state index contributed by atoms with van der Waals surface area (Å²) in [6.45, 7) is 6.07. The molecule has 0 aliphatic rings. The molecule has 0 aliphatic heterocycles. The van der Waals surface area contributed by atoms with Crippen molar-refractivity contribution in [2.75, 3.05) is 20.0 Å². The van der Waals surface area contributed by atoms with Gasteiger partial charge in [0, 0.05) is 5.54 Å². The van der Waals surface area contributed by atoms with Crippen molar-refractivity contribution in [3.8, 4) is 28.6 Å². The first-order valence-corrected chi connectivity index (χ1v) is 11.0. The first-order chi connectivity index (χ1) is 14.9. The Kier molecular flexibility index (Phi) is 7.22. The molecule has 3 rings (SSSR count). The zero-order valence-electron chi connectivity index (χ0n) is 18.5. The number of benzene rings is 2. The summed E-state index contributed by atoms with van der Waals surface area (Å²) in [5.41, 5.74) is 1.43. The molecule has 1 aromatic heterocycles. The monoisotopic (exact) mass is 440 g/mol. The summed E-state index contributed by atoms with van der Waals surface area (Å²) in [4.78, 5) is 12.5. The Bertz CT molecular complexity index is 1030. The number of hydrogen-bond donors (Lipinski definition) is 1. The Morgan fingerprint density at radius 3 is 2.42 bits per heavy atom. The summed E-state index contributed by atoms with van der Waals surface area (Å²) in [6, 6.07) is 15.3. The molecule has 0 aliphatic carbocycles. The Labute approximate surface area is 187 Å². The van der Waals surface area contributed by atoms with Crippen molar-refractivity contribution in [1.82, 2.24) is 20.1 Å². The number of thioether (sulfide) groups is 1. The highest BCUT2D eigenvalue weighted by atomic mass is 32.2. The first kappa shape index (κ1) is 22.7. The lowest BCUT2D eigenvalue weighted by Gasteiger charge is -2.24. The van der Waals surface area contributed by atoms with Crippen LogP contribution in [0.25, 0.3) is 17.1 Å². The predicted octanol–water partition coefficient (Wildman–Crippen LogP) is 4.35. The van der Waals surface area contributed by atoms with Crippen molar-refractivity contribution >= 4 is 17.7 Å². The van der Waals surface area contributed by atoms with E-state index in [2.05, 4.69) is 15.5 Å². The number of hydrogen-bond acceptors (Lipinski definition) is 6. The van der Waals surface area contributed by atoms with E-state index in [-0.39, 0.29) is 17.2 Å². The second-order valence-corrected chi connectivity index (χ2v) is 8.56. The summed E-state index contributed by atoms with van der Waals surface area (Å²) in [7, 11) is 3.26. The Morgan fingerprint density at radius 2 is 1.77 bits per heavy atom. The lowest BCUT2D eigenvalue weighted by atomic mass is 10.0. The molecule has 0 saturated heterocycles. The molecule has 1 heterocycles. The number of methoxy groups -OCH3 is 2. The van der Waals surface area contributed by atoms with Crippen molar-refractivity contribution in [3.05, 3.63) is 48.5 Å². The standard InChI is InChI=1S/C23H28N4O3S/c1-6-23(2,3)24-20(28)15-31-22-26-25-21(18-9-7-8-10-19(18)30-5)27(22)16-11-13-17(29-4)14-12-16/h7-14H,6,15H2,1-5H3,(H,24,28). The summed E-state index contributed by atoms with van der Waals surface area (Å²) in [6.07, 6.45) is 0.851. The summed E-state index contributed by atoms with van der Waals surface area (Å²) in [5, 5.41) is 12.5. The molecule has 7 nitrogen and oxygen atoms in total. The van der Waals surface area contributed by atoms with E-state index in [1.165, 1.54) is 11.8 Å². The maximum atomic E-state index is 12.5. The molecule has 2 aromatic carbocycles. The van der Waals surface area contributed by atoms with Crippen LogP contribution in [0.2, 0.25) is 0 Å². The van der Waals surface area contributed by atoms with Gasteiger partial charge in [0.2, 0.25) is 5.91 Å². The van der Waals surface area contributed by atoms with E-state index < -0.39 is 0 Å². The number of amides is 1. The number of carbonyl (C=O) groups excluding carboxylic acids is 1. The molecule has 0 saturated carbocycles. The van der Waals surface area contributed by atoms with Gasteiger partial charge in [-0.05, 0) is 56.7 Å². The minimum Gasteiger partial charge on any atom is -0.497 e. The van der Waals surface area contributed by atoms with E-state index in [0.717, 1.165) is 23.4 Å². The van der Waals surface area contributed by atoms with E-state index in [1.807, 2.05) is 73.9 Å². The maximum absolute atomic E-state index is 12.5. The number of carbonyl (C=O) groups is 1. The highest BCUT2D eigenvalue weighted by molar-refractivity contribution is 7.99. The molecule has 1 N–H and O–H groups in total. The van der Waals surface area contributed by atoms with Crippen LogP contribution in [0.1, 0.15) is 27.2 Å². The van der Waals surface area contributed by atoms with Crippen LogP contribution >= 0.6 is 11.8 Å². The van der Waals surface area contributed by atoms with Crippen LogP contribution in [0, 0.1) is 0 Å². The van der Waals surface area contributed by atoms with Crippen LogP contribution in [0.3, 0.4) is 0 Å². The van der Waals surface area contributed by atoms with Gasteiger partial charge in [-0.3, -0.25) is 9.36 Å². The molecule has 8 heteroatoms. The van der Waals surface area contributed by atoms with Gasteiger partial charge in [-0.1, -0.05) is 30.8 Å². The van der Waals surface area contributed by atoms with Crippen LogP contribution in [0.5, 0.6) is 11.5 Å². The van der Waals surface area contributed by atoms with Gasteiger partial charge < -0.3 is 14.8 Å². The van der Waals surface area contributed by atoms with E-state index in [0.29, 0.717) is 16.7 Å². The molecule has 0 unspecified atom stereocenters. The highest BCUT2D eigenvalue weighted by Crippen LogP contribution is 2.33. The van der Waals surface area contributed by atoms with Gasteiger partial charge >= 0.3 is 0 Å². The van der Waals surface area contributed by atoms with Crippen LogP contribution in [0.4, 0.5) is 0 Å². The third kappa shape index (κ3) is 5.38. The minimum atomic E-state index is -0.246.